The van der Waals surface area contributed by atoms with Crippen molar-refractivity contribution < 1.29 is 0 Å². The van der Waals surface area contributed by atoms with Gasteiger partial charge in [0.1, 0.15) is 6.33 Å². The van der Waals surface area contributed by atoms with Crippen molar-refractivity contribution in [2.75, 3.05) is 17.7 Å². The molecule has 1 saturated carbocycles. The first-order valence-corrected chi connectivity index (χ1v) is 6.39. The van der Waals surface area contributed by atoms with Crippen molar-refractivity contribution in [2.45, 2.75) is 31.7 Å². The molecule has 0 saturated heterocycles. The Morgan fingerprint density at radius 2 is 2.00 bits per heavy atom. The summed E-state index contributed by atoms with van der Waals surface area (Å²) in [6.07, 6.45) is 8.72. The fourth-order valence-corrected chi connectivity index (χ4v) is 2.13. The van der Waals surface area contributed by atoms with E-state index in [0.717, 1.165) is 12.8 Å². The van der Waals surface area contributed by atoms with Crippen molar-refractivity contribution in [1.82, 2.24) is 24.5 Å². The Kier molecular flexibility index (Phi) is 2.81. The molecule has 0 aromatic carbocycles. The number of hydrogen-bond acceptors (Lipinski definition) is 6. The van der Waals surface area contributed by atoms with E-state index >= 15 is 0 Å². The summed E-state index contributed by atoms with van der Waals surface area (Å²) in [6.45, 7) is 2.19. The number of anilines is 2. The van der Waals surface area contributed by atoms with Crippen LogP contribution in [0.4, 0.5) is 11.9 Å². The highest BCUT2D eigenvalue weighted by atomic mass is 15.3. The lowest BCUT2D eigenvalue weighted by Crippen LogP contribution is -2.42. The average molecular weight is 259 g/mol. The molecule has 7 nitrogen and oxygen atoms in total. The number of rotatable bonds is 4. The van der Waals surface area contributed by atoms with E-state index in [2.05, 4.69) is 37.5 Å². The molecule has 0 aliphatic heterocycles. The van der Waals surface area contributed by atoms with E-state index in [1.165, 1.54) is 6.42 Å². The molecule has 2 aromatic rings. The first-order chi connectivity index (χ1) is 9.18. The lowest BCUT2D eigenvalue weighted by atomic mass is 9.79. The normalized spacial score (nSPS) is 16.7. The van der Waals surface area contributed by atoms with Gasteiger partial charge in [-0.1, -0.05) is 0 Å². The van der Waals surface area contributed by atoms with E-state index in [9.17, 15) is 0 Å². The molecule has 0 amide bonds. The Bertz CT molecular complexity index is 559. The molecule has 1 fully saturated rings. The van der Waals surface area contributed by atoms with Gasteiger partial charge >= 0.3 is 0 Å². The predicted molar refractivity (Wildman–Crippen MR) is 72.4 cm³/mol. The molecule has 0 radical (unpaired) electrons. The van der Waals surface area contributed by atoms with Crippen LogP contribution < -0.4 is 10.6 Å². The molecule has 0 atom stereocenters. The van der Waals surface area contributed by atoms with Crippen LogP contribution in [-0.2, 0) is 0 Å². The Labute approximate surface area is 111 Å². The second-order valence-corrected chi connectivity index (χ2v) is 5.04. The van der Waals surface area contributed by atoms with Crippen LogP contribution in [0.1, 0.15) is 26.2 Å². The molecular formula is C12H17N7. The smallest absolute Gasteiger partial charge is 0.241 e. The van der Waals surface area contributed by atoms with Crippen LogP contribution in [0.5, 0.6) is 0 Å². The number of nitrogens with one attached hydrogen (secondary N) is 2. The van der Waals surface area contributed by atoms with Gasteiger partial charge in [-0.05, 0) is 26.2 Å². The fourth-order valence-electron chi connectivity index (χ4n) is 2.13. The van der Waals surface area contributed by atoms with Gasteiger partial charge in [-0.3, -0.25) is 4.57 Å². The summed E-state index contributed by atoms with van der Waals surface area (Å²) < 4.78 is 1.76. The summed E-state index contributed by atoms with van der Waals surface area (Å²) in [6, 6.07) is 0. The van der Waals surface area contributed by atoms with Crippen LogP contribution in [0.15, 0.2) is 18.7 Å². The minimum absolute atomic E-state index is 0.110. The Balaban J connectivity index is 1.93. The van der Waals surface area contributed by atoms with E-state index < -0.39 is 0 Å². The zero-order chi connectivity index (χ0) is 13.3. The maximum absolute atomic E-state index is 4.44. The summed E-state index contributed by atoms with van der Waals surface area (Å²) in [5, 5.41) is 6.35. The summed E-state index contributed by atoms with van der Waals surface area (Å²) in [5.74, 6) is 1.71. The SMILES string of the molecule is CNc1nc(NC2(C)CCC2)nc(-n2ccnc2)n1. The maximum atomic E-state index is 4.44. The molecule has 2 aromatic heterocycles. The largest absolute Gasteiger partial charge is 0.357 e. The van der Waals surface area contributed by atoms with E-state index in [-0.39, 0.29) is 5.54 Å². The zero-order valence-corrected chi connectivity index (χ0v) is 11.1. The van der Waals surface area contributed by atoms with E-state index in [1.807, 2.05) is 6.20 Å². The Morgan fingerprint density at radius 3 is 2.58 bits per heavy atom. The average Bonchev–Trinajstić information content (AvgIpc) is 2.90. The van der Waals surface area contributed by atoms with E-state index in [4.69, 9.17) is 0 Å². The lowest BCUT2D eigenvalue weighted by molar-refractivity contribution is 0.304. The van der Waals surface area contributed by atoms with Gasteiger partial charge < -0.3 is 10.6 Å². The van der Waals surface area contributed by atoms with Gasteiger partial charge in [0.05, 0.1) is 0 Å². The highest BCUT2D eigenvalue weighted by Crippen LogP contribution is 2.33. The summed E-state index contributed by atoms with van der Waals surface area (Å²) in [4.78, 5) is 17.1. The van der Waals surface area contributed by atoms with E-state index in [0.29, 0.717) is 17.8 Å². The van der Waals surface area contributed by atoms with Crippen molar-refractivity contribution in [2.24, 2.45) is 0 Å². The molecule has 19 heavy (non-hydrogen) atoms. The number of aromatic nitrogens is 5. The van der Waals surface area contributed by atoms with Crippen molar-refractivity contribution in [3.05, 3.63) is 18.7 Å². The molecule has 2 N–H and O–H groups in total. The third-order valence-electron chi connectivity index (χ3n) is 3.45. The van der Waals surface area contributed by atoms with Gasteiger partial charge in [-0.2, -0.15) is 15.0 Å². The molecular weight excluding hydrogens is 242 g/mol. The van der Waals surface area contributed by atoms with Crippen LogP contribution in [0.3, 0.4) is 0 Å². The van der Waals surface area contributed by atoms with Gasteiger partial charge in [0.15, 0.2) is 0 Å². The third kappa shape index (κ3) is 2.35. The predicted octanol–water partition coefficient (Wildman–Crippen LogP) is 1.45. The molecule has 7 heteroatoms. The molecule has 1 aliphatic carbocycles. The molecule has 0 spiro atoms. The third-order valence-corrected chi connectivity index (χ3v) is 3.45. The van der Waals surface area contributed by atoms with Gasteiger partial charge in [-0.25, -0.2) is 4.98 Å². The van der Waals surface area contributed by atoms with Crippen molar-refractivity contribution in [3.8, 4) is 5.95 Å². The highest BCUT2D eigenvalue weighted by molar-refractivity contribution is 5.39. The molecule has 0 unspecified atom stereocenters. The van der Waals surface area contributed by atoms with Gasteiger partial charge in [-0.15, -0.1) is 0 Å². The van der Waals surface area contributed by atoms with Crippen LogP contribution >= 0.6 is 0 Å². The molecule has 2 heterocycles. The van der Waals surface area contributed by atoms with Gasteiger partial charge in [0, 0.05) is 25.0 Å². The van der Waals surface area contributed by atoms with Crippen LogP contribution in [-0.4, -0.2) is 37.1 Å². The number of imidazole rings is 1. The topological polar surface area (TPSA) is 80.5 Å². The first-order valence-electron chi connectivity index (χ1n) is 6.39. The number of nitrogens with zero attached hydrogens (tertiary/aromatic N) is 5. The lowest BCUT2D eigenvalue weighted by Gasteiger charge is -2.39. The van der Waals surface area contributed by atoms with Crippen LogP contribution in [0.25, 0.3) is 5.95 Å². The van der Waals surface area contributed by atoms with Gasteiger partial charge in [0.25, 0.3) is 0 Å². The van der Waals surface area contributed by atoms with Crippen molar-refractivity contribution >= 4 is 11.9 Å². The Morgan fingerprint density at radius 1 is 1.21 bits per heavy atom. The summed E-state index contributed by atoms with van der Waals surface area (Å²) in [5.41, 5.74) is 0.110. The van der Waals surface area contributed by atoms with Gasteiger partial charge in [0.2, 0.25) is 17.8 Å². The molecule has 1 aliphatic rings. The molecule has 100 valence electrons. The number of hydrogen-bond donors (Lipinski definition) is 2. The monoisotopic (exact) mass is 259 g/mol. The van der Waals surface area contributed by atoms with Crippen LogP contribution in [0, 0.1) is 0 Å². The zero-order valence-electron chi connectivity index (χ0n) is 11.1. The second kappa shape index (κ2) is 4.49. The van der Waals surface area contributed by atoms with Crippen LogP contribution in [0.2, 0.25) is 0 Å². The second-order valence-electron chi connectivity index (χ2n) is 5.04. The minimum Gasteiger partial charge on any atom is -0.357 e. The quantitative estimate of drug-likeness (QED) is 0.865. The minimum atomic E-state index is 0.110. The molecule has 0 bridgehead atoms. The molecule has 3 rings (SSSR count). The standard InChI is InChI=1S/C12H17N7/c1-12(4-3-5-12)18-10-15-9(13-2)16-11(17-10)19-7-6-14-8-19/h6-8H,3-5H2,1-2H3,(H2,13,15,16,17,18). The van der Waals surface area contributed by atoms with E-state index in [1.54, 1.807) is 24.1 Å². The first kappa shape index (κ1) is 11.9. The summed E-state index contributed by atoms with van der Waals surface area (Å²) >= 11 is 0. The fraction of sp³-hybridized carbons (Fsp3) is 0.500. The van der Waals surface area contributed by atoms with Crippen molar-refractivity contribution in [1.29, 1.82) is 0 Å². The Hall–Kier alpha value is -2.18. The van der Waals surface area contributed by atoms with Crippen molar-refractivity contribution in [3.63, 3.8) is 0 Å². The maximum Gasteiger partial charge on any atom is 0.241 e. The highest BCUT2D eigenvalue weighted by Gasteiger charge is 2.32. The summed E-state index contributed by atoms with van der Waals surface area (Å²) in [7, 11) is 1.79.